The molecule has 3 N–H and O–H groups in total. The van der Waals surface area contributed by atoms with Gasteiger partial charge in [-0.2, -0.15) is 0 Å². The summed E-state index contributed by atoms with van der Waals surface area (Å²) in [7, 11) is 4.07. The lowest BCUT2D eigenvalue weighted by molar-refractivity contribution is -0.922. The van der Waals surface area contributed by atoms with E-state index in [4.69, 9.17) is 27.1 Å². The van der Waals surface area contributed by atoms with Gasteiger partial charge in [0.15, 0.2) is 5.60 Å². The van der Waals surface area contributed by atoms with Crippen LogP contribution < -0.4 is 10.5 Å². The average molecular weight is 540 g/mol. The maximum absolute atomic E-state index is 12.6. The summed E-state index contributed by atoms with van der Waals surface area (Å²) in [6, 6.07) is 13.7. The maximum Gasteiger partial charge on any atom is 0.255 e. The van der Waals surface area contributed by atoms with Crippen LogP contribution in [0.5, 0.6) is 5.88 Å². The van der Waals surface area contributed by atoms with Crippen LogP contribution in [0.2, 0.25) is 5.15 Å². The molecule has 3 atom stereocenters. The molecule has 0 spiro atoms. The molecule has 8 heteroatoms. The lowest BCUT2D eigenvalue weighted by atomic mass is 9.71. The summed E-state index contributed by atoms with van der Waals surface area (Å²) in [5, 5.41) is 14.2. The first kappa shape index (κ1) is 28.3. The van der Waals surface area contributed by atoms with Crippen LogP contribution in [-0.2, 0) is 17.6 Å². The van der Waals surface area contributed by atoms with Crippen molar-refractivity contribution in [3.05, 3.63) is 65.1 Å². The van der Waals surface area contributed by atoms with Gasteiger partial charge in [0.2, 0.25) is 5.88 Å². The van der Waals surface area contributed by atoms with Gasteiger partial charge in [-0.1, -0.05) is 49.2 Å². The predicted molar refractivity (Wildman–Crippen MR) is 151 cm³/mol. The normalized spacial score (nSPS) is 21.9. The van der Waals surface area contributed by atoms with Crippen LogP contribution in [0.1, 0.15) is 50.3 Å². The Morgan fingerprint density at radius 3 is 2.74 bits per heavy atom. The molecular formula is C30H40ClN4O3+. The second-order valence-electron chi connectivity index (χ2n) is 11.2. The number of aliphatic hydroxyl groups is 1. The van der Waals surface area contributed by atoms with E-state index in [9.17, 15) is 9.90 Å². The van der Waals surface area contributed by atoms with E-state index in [-0.39, 0.29) is 12.0 Å². The predicted octanol–water partition coefficient (Wildman–Crippen LogP) is 4.71. The summed E-state index contributed by atoms with van der Waals surface area (Å²) in [4.78, 5) is 21.6. The fourth-order valence-corrected chi connectivity index (χ4v) is 6.00. The van der Waals surface area contributed by atoms with Gasteiger partial charge in [0, 0.05) is 23.7 Å². The molecule has 2 aromatic heterocycles. The van der Waals surface area contributed by atoms with Crippen LogP contribution in [0.25, 0.3) is 10.8 Å². The SMILES string of the molecule is CCCCc1cc2ccccc2c(OCC[N+](C)(C)[C@H]2CCC(Cc3ccc(Cl)nc3)C[C@@]2(O)C(N)=O)n1. The number of carbonyl (C=O) groups is 1. The molecule has 1 aromatic carbocycles. The minimum atomic E-state index is -1.60. The molecule has 2 heterocycles. The first-order valence-electron chi connectivity index (χ1n) is 13.6. The van der Waals surface area contributed by atoms with E-state index in [1.54, 1.807) is 12.3 Å². The second kappa shape index (κ2) is 12.0. The molecule has 0 saturated heterocycles. The largest absolute Gasteiger partial charge is 0.471 e. The van der Waals surface area contributed by atoms with Gasteiger partial charge in [-0.05, 0) is 67.2 Å². The van der Waals surface area contributed by atoms with E-state index >= 15 is 0 Å². The van der Waals surface area contributed by atoms with Gasteiger partial charge in [0.05, 0.1) is 14.1 Å². The van der Waals surface area contributed by atoms with Crippen molar-refractivity contribution in [3.8, 4) is 5.88 Å². The van der Waals surface area contributed by atoms with Gasteiger partial charge in [-0.25, -0.2) is 9.97 Å². The fourth-order valence-electron chi connectivity index (χ4n) is 5.89. The molecule has 1 saturated carbocycles. The van der Waals surface area contributed by atoms with Gasteiger partial charge in [-0.3, -0.25) is 4.79 Å². The quantitative estimate of drug-likeness (QED) is 0.272. The number of nitrogens with zero attached hydrogens (tertiary/aromatic N) is 3. The number of aryl methyl sites for hydroxylation is 1. The molecule has 1 aliphatic carbocycles. The third-order valence-electron chi connectivity index (χ3n) is 8.03. The third kappa shape index (κ3) is 6.45. The van der Waals surface area contributed by atoms with E-state index in [2.05, 4.69) is 24.0 Å². The topological polar surface area (TPSA) is 98.3 Å². The monoisotopic (exact) mass is 539 g/mol. The Morgan fingerprint density at radius 2 is 2.03 bits per heavy atom. The van der Waals surface area contributed by atoms with Crippen molar-refractivity contribution >= 4 is 28.3 Å². The van der Waals surface area contributed by atoms with Crippen molar-refractivity contribution in [1.82, 2.24) is 9.97 Å². The number of carbonyl (C=O) groups excluding carboxylic acids is 1. The number of aromatic nitrogens is 2. The molecule has 7 nitrogen and oxygen atoms in total. The van der Waals surface area contributed by atoms with Crippen LogP contribution in [0, 0.1) is 5.92 Å². The highest BCUT2D eigenvalue weighted by atomic mass is 35.5. The van der Waals surface area contributed by atoms with Crippen LogP contribution in [-0.4, -0.2) is 64.4 Å². The number of primary amides is 1. The van der Waals surface area contributed by atoms with Crippen LogP contribution in [0.3, 0.4) is 0 Å². The Kier molecular flexibility index (Phi) is 8.91. The molecule has 204 valence electrons. The Labute approximate surface area is 230 Å². The smallest absolute Gasteiger partial charge is 0.255 e. The maximum atomic E-state index is 12.6. The van der Waals surface area contributed by atoms with Gasteiger partial charge < -0.3 is 20.1 Å². The number of nitrogens with two attached hydrogens (primary N) is 1. The number of hydrogen-bond donors (Lipinski definition) is 2. The molecule has 0 bridgehead atoms. The summed E-state index contributed by atoms with van der Waals surface area (Å²) < 4.78 is 6.68. The number of benzene rings is 1. The van der Waals surface area contributed by atoms with Crippen molar-refractivity contribution in [2.75, 3.05) is 27.2 Å². The van der Waals surface area contributed by atoms with E-state index < -0.39 is 11.5 Å². The summed E-state index contributed by atoms with van der Waals surface area (Å²) in [5.41, 5.74) is 6.30. The van der Waals surface area contributed by atoms with Gasteiger partial charge in [-0.15, -0.1) is 0 Å². The second-order valence-corrected chi connectivity index (χ2v) is 11.6. The molecule has 3 aromatic rings. The number of rotatable bonds is 11. The Hall–Kier alpha value is -2.74. The van der Waals surface area contributed by atoms with Crippen molar-refractivity contribution in [2.24, 2.45) is 11.7 Å². The third-order valence-corrected chi connectivity index (χ3v) is 8.26. The number of pyridine rings is 2. The number of likely N-dealkylation sites (N-methyl/N-ethyl adjacent to an activating group) is 1. The van der Waals surface area contributed by atoms with Crippen molar-refractivity contribution in [1.29, 1.82) is 0 Å². The number of fused-ring (bicyclic) bond motifs is 1. The van der Waals surface area contributed by atoms with Gasteiger partial charge in [0.1, 0.15) is 24.3 Å². The van der Waals surface area contributed by atoms with Crippen LogP contribution >= 0.6 is 11.6 Å². The Morgan fingerprint density at radius 1 is 1.24 bits per heavy atom. The molecule has 1 unspecified atom stereocenters. The first-order chi connectivity index (χ1) is 18.1. The zero-order chi connectivity index (χ0) is 27.3. The van der Waals surface area contributed by atoms with Crippen LogP contribution in [0.4, 0.5) is 0 Å². The molecule has 1 fully saturated rings. The van der Waals surface area contributed by atoms with E-state index in [1.807, 2.05) is 38.4 Å². The number of quaternary nitrogens is 1. The molecule has 4 rings (SSSR count). The zero-order valence-electron chi connectivity index (χ0n) is 22.7. The minimum Gasteiger partial charge on any atom is -0.471 e. The average Bonchev–Trinajstić information content (AvgIpc) is 2.88. The van der Waals surface area contributed by atoms with Gasteiger partial charge in [0.25, 0.3) is 5.91 Å². The summed E-state index contributed by atoms with van der Waals surface area (Å²) >= 11 is 5.92. The molecular weight excluding hydrogens is 500 g/mol. The zero-order valence-corrected chi connectivity index (χ0v) is 23.5. The van der Waals surface area contributed by atoms with Gasteiger partial charge >= 0.3 is 0 Å². The summed E-state index contributed by atoms with van der Waals surface area (Å²) in [5.74, 6) is 0.105. The number of amides is 1. The molecule has 38 heavy (non-hydrogen) atoms. The number of hydrogen-bond acceptors (Lipinski definition) is 5. The number of ether oxygens (including phenoxy) is 1. The highest BCUT2D eigenvalue weighted by Gasteiger charge is 2.54. The molecule has 0 radical (unpaired) electrons. The number of halogens is 1. The Bertz CT molecular complexity index is 1250. The molecule has 0 aliphatic heterocycles. The van der Waals surface area contributed by atoms with E-state index in [0.29, 0.717) is 41.5 Å². The van der Waals surface area contributed by atoms with E-state index in [1.165, 1.54) is 0 Å². The Balaban J connectivity index is 1.45. The van der Waals surface area contributed by atoms with Crippen LogP contribution in [0.15, 0.2) is 48.7 Å². The van der Waals surface area contributed by atoms with E-state index in [0.717, 1.165) is 54.1 Å². The van der Waals surface area contributed by atoms with Crippen molar-refractivity contribution in [2.45, 2.75) is 63.5 Å². The first-order valence-corrected chi connectivity index (χ1v) is 14.0. The highest BCUT2D eigenvalue weighted by Crippen LogP contribution is 2.39. The molecule has 1 amide bonds. The number of unbranched alkanes of at least 4 members (excludes halogenated alkanes) is 1. The van der Waals surface area contributed by atoms with Crippen molar-refractivity contribution in [3.63, 3.8) is 0 Å². The fraction of sp³-hybridized carbons (Fsp3) is 0.500. The lowest BCUT2D eigenvalue weighted by Gasteiger charge is -2.49. The summed E-state index contributed by atoms with van der Waals surface area (Å²) in [6.07, 6.45) is 7.47. The lowest BCUT2D eigenvalue weighted by Crippen LogP contribution is -2.68. The summed E-state index contributed by atoms with van der Waals surface area (Å²) in [6.45, 7) is 3.18. The van der Waals surface area contributed by atoms with Crippen molar-refractivity contribution < 1.29 is 19.1 Å². The highest BCUT2D eigenvalue weighted by molar-refractivity contribution is 6.29. The minimum absolute atomic E-state index is 0.129. The molecule has 1 aliphatic rings. The standard InChI is InChI=1S/C30H39ClN4O3/c1-4-5-9-24-18-23-8-6-7-10-25(23)28(34-24)38-16-15-35(2,3)26-13-11-21(19-30(26,37)29(32)36)17-22-12-14-27(31)33-20-22/h6-8,10,12,14,18,20-21,26,37H,4-5,9,11,13,15-17,19H2,1-3H3,(H-,32,36)/p+1/t21?,26-,30-/m0/s1.